The average Bonchev–Trinajstić information content (AvgIpc) is 2.82. The molecule has 0 aliphatic heterocycles. The highest BCUT2D eigenvalue weighted by Gasteiger charge is 2.22. The predicted molar refractivity (Wildman–Crippen MR) is 73.0 cm³/mol. The van der Waals surface area contributed by atoms with Gasteiger partial charge in [0, 0.05) is 6.04 Å². The van der Waals surface area contributed by atoms with Gasteiger partial charge < -0.3 is 0 Å². The Labute approximate surface area is 110 Å². The fourth-order valence-corrected chi connectivity index (χ4v) is 3.76. The molecular weight excluding hydrogens is 246 g/mol. The van der Waals surface area contributed by atoms with Gasteiger partial charge in [0.05, 0.1) is 4.90 Å². The monoisotopic (exact) mass is 267 g/mol. The molecule has 1 N–H and O–H groups in total. The van der Waals surface area contributed by atoms with Crippen molar-refractivity contribution in [2.24, 2.45) is 0 Å². The highest BCUT2D eigenvalue weighted by Crippen LogP contribution is 2.20. The van der Waals surface area contributed by atoms with E-state index in [2.05, 4.69) is 11.6 Å². The number of benzene rings is 1. The second-order valence-corrected chi connectivity index (χ2v) is 6.71. The highest BCUT2D eigenvalue weighted by atomic mass is 32.2. The molecule has 0 bridgehead atoms. The van der Waals surface area contributed by atoms with Crippen LogP contribution in [0, 0.1) is 0 Å². The maximum absolute atomic E-state index is 12.1. The number of nitrogens with one attached hydrogen (secondary N) is 1. The molecule has 1 aromatic carbocycles. The Hall–Kier alpha value is -0.870. The lowest BCUT2D eigenvalue weighted by atomic mass is 10.1. The molecule has 0 spiro atoms. The summed E-state index contributed by atoms with van der Waals surface area (Å²) in [4.78, 5) is 0.384. The fourth-order valence-electron chi connectivity index (χ4n) is 2.46. The van der Waals surface area contributed by atoms with Gasteiger partial charge in [-0.1, -0.05) is 38.3 Å². The van der Waals surface area contributed by atoms with E-state index in [9.17, 15) is 8.42 Å². The van der Waals surface area contributed by atoms with Crippen molar-refractivity contribution >= 4 is 10.0 Å². The van der Waals surface area contributed by atoms with Crippen LogP contribution in [-0.4, -0.2) is 14.5 Å². The largest absolute Gasteiger partial charge is 0.240 e. The molecule has 1 saturated carbocycles. The summed E-state index contributed by atoms with van der Waals surface area (Å²) >= 11 is 0. The van der Waals surface area contributed by atoms with E-state index in [4.69, 9.17) is 0 Å². The molecule has 3 nitrogen and oxygen atoms in total. The van der Waals surface area contributed by atoms with Crippen molar-refractivity contribution in [3.8, 4) is 0 Å². The molecule has 1 aliphatic rings. The SMILES string of the molecule is CCCc1ccc(S(=O)(=O)NC2CCCC2)cc1. The molecule has 4 heteroatoms. The maximum atomic E-state index is 12.1. The van der Waals surface area contributed by atoms with Gasteiger partial charge in [-0.2, -0.15) is 0 Å². The third-order valence-corrected chi connectivity index (χ3v) is 4.99. The Bertz CT molecular complexity index is 473. The lowest BCUT2D eigenvalue weighted by molar-refractivity contribution is 0.552. The summed E-state index contributed by atoms with van der Waals surface area (Å²) in [5.41, 5.74) is 1.19. The van der Waals surface area contributed by atoms with Gasteiger partial charge in [-0.25, -0.2) is 13.1 Å². The summed E-state index contributed by atoms with van der Waals surface area (Å²) in [6, 6.07) is 7.37. The molecule has 0 heterocycles. The van der Waals surface area contributed by atoms with Crippen molar-refractivity contribution < 1.29 is 8.42 Å². The van der Waals surface area contributed by atoms with Crippen LogP contribution in [0.4, 0.5) is 0 Å². The van der Waals surface area contributed by atoms with Crippen LogP contribution in [0.5, 0.6) is 0 Å². The number of aryl methyl sites for hydroxylation is 1. The van der Waals surface area contributed by atoms with Crippen LogP contribution in [0.1, 0.15) is 44.6 Å². The van der Waals surface area contributed by atoms with Gasteiger partial charge in [0.1, 0.15) is 0 Å². The zero-order valence-electron chi connectivity index (χ0n) is 10.9. The number of rotatable bonds is 5. The van der Waals surface area contributed by atoms with Crippen LogP contribution >= 0.6 is 0 Å². The van der Waals surface area contributed by atoms with Crippen molar-refractivity contribution in [3.05, 3.63) is 29.8 Å². The lowest BCUT2D eigenvalue weighted by Crippen LogP contribution is -2.32. The quantitative estimate of drug-likeness (QED) is 0.891. The molecule has 1 aromatic rings. The van der Waals surface area contributed by atoms with E-state index in [1.165, 1.54) is 5.56 Å². The molecule has 18 heavy (non-hydrogen) atoms. The van der Waals surface area contributed by atoms with Crippen LogP contribution in [0.2, 0.25) is 0 Å². The molecule has 0 radical (unpaired) electrons. The van der Waals surface area contributed by atoms with E-state index in [0.717, 1.165) is 38.5 Å². The minimum absolute atomic E-state index is 0.130. The van der Waals surface area contributed by atoms with Crippen molar-refractivity contribution in [1.29, 1.82) is 0 Å². The zero-order chi connectivity index (χ0) is 13.0. The molecule has 0 amide bonds. The molecule has 100 valence electrons. The van der Waals surface area contributed by atoms with E-state index >= 15 is 0 Å². The third-order valence-electron chi connectivity index (χ3n) is 3.45. The number of hydrogen-bond donors (Lipinski definition) is 1. The first-order valence-electron chi connectivity index (χ1n) is 6.73. The summed E-state index contributed by atoms with van der Waals surface area (Å²) in [5.74, 6) is 0. The summed E-state index contributed by atoms with van der Waals surface area (Å²) in [5, 5.41) is 0. The minimum Gasteiger partial charge on any atom is -0.208 e. The van der Waals surface area contributed by atoms with Gasteiger partial charge in [0.15, 0.2) is 0 Å². The van der Waals surface area contributed by atoms with Crippen molar-refractivity contribution in [2.45, 2.75) is 56.4 Å². The number of sulfonamides is 1. The van der Waals surface area contributed by atoms with Gasteiger partial charge in [0.2, 0.25) is 10.0 Å². The average molecular weight is 267 g/mol. The smallest absolute Gasteiger partial charge is 0.208 e. The van der Waals surface area contributed by atoms with Crippen LogP contribution in [0.25, 0.3) is 0 Å². The Balaban J connectivity index is 2.08. The van der Waals surface area contributed by atoms with Crippen LogP contribution < -0.4 is 4.72 Å². The first-order valence-corrected chi connectivity index (χ1v) is 8.21. The third kappa shape index (κ3) is 3.33. The topological polar surface area (TPSA) is 46.2 Å². The Morgan fingerprint density at radius 1 is 1.17 bits per heavy atom. The van der Waals surface area contributed by atoms with E-state index in [1.807, 2.05) is 12.1 Å². The Morgan fingerprint density at radius 3 is 2.33 bits per heavy atom. The number of hydrogen-bond acceptors (Lipinski definition) is 2. The first kappa shape index (κ1) is 13.6. The molecule has 2 rings (SSSR count). The van der Waals surface area contributed by atoms with E-state index in [1.54, 1.807) is 12.1 Å². The molecule has 0 atom stereocenters. The van der Waals surface area contributed by atoms with E-state index < -0.39 is 10.0 Å². The molecule has 1 fully saturated rings. The molecule has 0 saturated heterocycles. The van der Waals surface area contributed by atoms with Gasteiger partial charge in [-0.05, 0) is 37.0 Å². The van der Waals surface area contributed by atoms with Gasteiger partial charge in [-0.15, -0.1) is 0 Å². The molecular formula is C14H21NO2S. The Morgan fingerprint density at radius 2 is 1.78 bits per heavy atom. The summed E-state index contributed by atoms with van der Waals surface area (Å²) < 4.78 is 27.1. The molecule has 1 aliphatic carbocycles. The van der Waals surface area contributed by atoms with Gasteiger partial charge in [0.25, 0.3) is 0 Å². The minimum atomic E-state index is -3.33. The summed E-state index contributed by atoms with van der Waals surface area (Å²) in [6.45, 7) is 2.12. The Kier molecular flexibility index (Phi) is 4.40. The van der Waals surface area contributed by atoms with Crippen LogP contribution in [0.3, 0.4) is 0 Å². The van der Waals surface area contributed by atoms with Gasteiger partial charge >= 0.3 is 0 Å². The maximum Gasteiger partial charge on any atom is 0.240 e. The van der Waals surface area contributed by atoms with Crippen molar-refractivity contribution in [2.75, 3.05) is 0 Å². The second kappa shape index (κ2) is 5.85. The summed E-state index contributed by atoms with van der Waals surface area (Å²) in [7, 11) is -3.33. The van der Waals surface area contributed by atoms with E-state index in [-0.39, 0.29) is 6.04 Å². The lowest BCUT2D eigenvalue weighted by Gasteiger charge is -2.12. The predicted octanol–water partition coefficient (Wildman–Crippen LogP) is 2.86. The molecule has 0 aromatic heterocycles. The van der Waals surface area contributed by atoms with Gasteiger partial charge in [-0.3, -0.25) is 0 Å². The van der Waals surface area contributed by atoms with Crippen molar-refractivity contribution in [3.63, 3.8) is 0 Å². The summed E-state index contributed by atoms with van der Waals surface area (Å²) in [6.07, 6.45) is 6.26. The first-order chi connectivity index (χ1) is 8.62. The van der Waals surface area contributed by atoms with Crippen LogP contribution in [-0.2, 0) is 16.4 Å². The zero-order valence-corrected chi connectivity index (χ0v) is 11.7. The van der Waals surface area contributed by atoms with E-state index in [0.29, 0.717) is 4.90 Å². The van der Waals surface area contributed by atoms with Crippen molar-refractivity contribution in [1.82, 2.24) is 4.72 Å². The van der Waals surface area contributed by atoms with Crippen LogP contribution in [0.15, 0.2) is 29.2 Å². The standard InChI is InChI=1S/C14H21NO2S/c1-2-5-12-8-10-14(11-9-12)18(16,17)15-13-6-3-4-7-13/h8-11,13,15H,2-7H2,1H3. The normalized spacial score (nSPS) is 17.2. The highest BCUT2D eigenvalue weighted by molar-refractivity contribution is 7.89. The molecule has 0 unspecified atom stereocenters. The second-order valence-electron chi connectivity index (χ2n) is 5.00. The fraction of sp³-hybridized carbons (Fsp3) is 0.571.